The van der Waals surface area contributed by atoms with Gasteiger partial charge in [0.15, 0.2) is 5.13 Å². The van der Waals surface area contributed by atoms with Gasteiger partial charge >= 0.3 is 11.7 Å². The van der Waals surface area contributed by atoms with Gasteiger partial charge in [-0.05, 0) is 13.8 Å². The quantitative estimate of drug-likeness (QED) is 0.454. The van der Waals surface area contributed by atoms with E-state index in [1.165, 1.54) is 22.2 Å². The van der Waals surface area contributed by atoms with Gasteiger partial charge in [-0.15, -0.1) is 11.3 Å². The Bertz CT molecular complexity index is 756. The number of anilines is 1. The van der Waals surface area contributed by atoms with E-state index < -0.39 is 22.8 Å². The molecule has 0 radical (unpaired) electrons. The van der Waals surface area contributed by atoms with Gasteiger partial charge in [0.2, 0.25) is 0 Å². The van der Waals surface area contributed by atoms with E-state index in [4.69, 9.17) is 4.74 Å². The average Bonchev–Trinajstić information content (AvgIpc) is 3.16. The Morgan fingerprint density at radius 1 is 1.54 bits per heavy atom. The number of nitro groups is 1. The number of nitrogens with zero attached hydrogens (tertiary/aromatic N) is 4. The first-order valence-electron chi connectivity index (χ1n) is 7.00. The molecule has 2 aromatic heterocycles. The van der Waals surface area contributed by atoms with Crippen molar-refractivity contribution in [3.63, 3.8) is 0 Å². The Kier molecular flexibility index (Phi) is 5.58. The second-order valence-electron chi connectivity index (χ2n) is 4.73. The van der Waals surface area contributed by atoms with Crippen LogP contribution in [0, 0.1) is 10.1 Å². The topological polar surface area (TPSA) is 129 Å². The zero-order chi connectivity index (χ0) is 17.7. The number of ether oxygens (including phenoxy) is 1. The number of carbonyl (C=O) groups is 2. The molecule has 1 N–H and O–H groups in total. The van der Waals surface area contributed by atoms with E-state index in [1.54, 1.807) is 19.2 Å². The SMILES string of the molecule is CCOC(=O)Cc1csc(NC(=O)C(C)n2cc([N+](=O)[O-])cn2)n1. The van der Waals surface area contributed by atoms with E-state index in [2.05, 4.69) is 15.4 Å². The highest BCUT2D eigenvalue weighted by Gasteiger charge is 2.20. The van der Waals surface area contributed by atoms with Crippen molar-refractivity contribution < 1.29 is 19.2 Å². The summed E-state index contributed by atoms with van der Waals surface area (Å²) < 4.78 is 6.02. The molecule has 11 heteroatoms. The van der Waals surface area contributed by atoms with Crippen LogP contribution in [0.2, 0.25) is 0 Å². The minimum absolute atomic E-state index is 0.0289. The van der Waals surface area contributed by atoms with Crippen LogP contribution in [-0.4, -0.2) is 38.2 Å². The van der Waals surface area contributed by atoms with Crippen LogP contribution in [0.15, 0.2) is 17.8 Å². The highest BCUT2D eigenvalue weighted by atomic mass is 32.1. The van der Waals surface area contributed by atoms with E-state index in [1.807, 2.05) is 0 Å². The third-order valence-corrected chi connectivity index (χ3v) is 3.79. The molecule has 128 valence electrons. The molecule has 0 fully saturated rings. The molecule has 10 nitrogen and oxygen atoms in total. The van der Waals surface area contributed by atoms with Crippen molar-refractivity contribution in [2.45, 2.75) is 26.3 Å². The predicted molar refractivity (Wildman–Crippen MR) is 84.7 cm³/mol. The summed E-state index contributed by atoms with van der Waals surface area (Å²) in [6, 6.07) is -0.754. The van der Waals surface area contributed by atoms with Gasteiger partial charge in [0.1, 0.15) is 18.4 Å². The van der Waals surface area contributed by atoms with Crippen LogP contribution in [0.5, 0.6) is 0 Å². The summed E-state index contributed by atoms with van der Waals surface area (Å²) in [5.74, 6) is -0.817. The maximum atomic E-state index is 12.2. The van der Waals surface area contributed by atoms with Crippen molar-refractivity contribution in [3.8, 4) is 0 Å². The fourth-order valence-corrected chi connectivity index (χ4v) is 2.48. The number of thiazole rings is 1. The summed E-state index contributed by atoms with van der Waals surface area (Å²) in [7, 11) is 0. The molecule has 2 rings (SSSR count). The highest BCUT2D eigenvalue weighted by Crippen LogP contribution is 2.19. The minimum atomic E-state index is -0.754. The summed E-state index contributed by atoms with van der Waals surface area (Å²) in [6.45, 7) is 3.56. The van der Waals surface area contributed by atoms with Crippen LogP contribution >= 0.6 is 11.3 Å². The molecule has 24 heavy (non-hydrogen) atoms. The molecule has 0 aliphatic carbocycles. The maximum absolute atomic E-state index is 12.2. The summed E-state index contributed by atoms with van der Waals surface area (Å²) in [6.07, 6.45) is 2.28. The van der Waals surface area contributed by atoms with Gasteiger partial charge in [-0.25, -0.2) is 4.98 Å². The lowest BCUT2D eigenvalue weighted by atomic mass is 10.3. The van der Waals surface area contributed by atoms with E-state index in [-0.39, 0.29) is 12.1 Å². The molecule has 0 aliphatic heterocycles. The molecule has 0 saturated carbocycles. The number of carbonyl (C=O) groups excluding carboxylic acids is 2. The smallest absolute Gasteiger partial charge is 0.311 e. The number of nitrogens with one attached hydrogen (secondary N) is 1. The monoisotopic (exact) mass is 353 g/mol. The summed E-state index contributed by atoms with van der Waals surface area (Å²) in [5, 5.41) is 19.0. The van der Waals surface area contributed by atoms with E-state index >= 15 is 0 Å². The Balaban J connectivity index is 1.97. The van der Waals surface area contributed by atoms with E-state index in [9.17, 15) is 19.7 Å². The van der Waals surface area contributed by atoms with Crippen LogP contribution in [0.4, 0.5) is 10.8 Å². The molecule has 1 amide bonds. The van der Waals surface area contributed by atoms with Gasteiger partial charge in [0, 0.05) is 5.38 Å². The average molecular weight is 353 g/mol. The summed E-state index contributed by atoms with van der Waals surface area (Å²) >= 11 is 1.17. The molecular weight excluding hydrogens is 338 g/mol. The first-order chi connectivity index (χ1) is 11.4. The van der Waals surface area contributed by atoms with E-state index in [0.29, 0.717) is 17.4 Å². The fourth-order valence-electron chi connectivity index (χ4n) is 1.77. The van der Waals surface area contributed by atoms with Crippen LogP contribution < -0.4 is 5.32 Å². The third kappa shape index (κ3) is 4.35. The van der Waals surface area contributed by atoms with Gasteiger partial charge in [-0.1, -0.05) is 0 Å². The summed E-state index contributed by atoms with van der Waals surface area (Å²) in [4.78, 5) is 37.7. The van der Waals surface area contributed by atoms with Crippen LogP contribution in [-0.2, 0) is 20.7 Å². The van der Waals surface area contributed by atoms with Crippen molar-refractivity contribution in [1.29, 1.82) is 0 Å². The molecule has 1 atom stereocenters. The number of hydrogen-bond acceptors (Lipinski definition) is 8. The standard InChI is InChI=1S/C13H15N5O5S/c1-3-23-11(19)4-9-7-24-13(15-9)16-12(20)8(2)17-6-10(5-14-17)18(21)22/h5-8H,3-4H2,1-2H3,(H,15,16,20). The highest BCUT2D eigenvalue weighted by molar-refractivity contribution is 7.13. The Hall–Kier alpha value is -2.82. The van der Waals surface area contributed by atoms with Gasteiger partial charge in [0.25, 0.3) is 5.91 Å². The number of aromatic nitrogens is 3. The molecule has 2 heterocycles. The van der Waals surface area contributed by atoms with Crippen molar-refractivity contribution >= 4 is 34.0 Å². The summed E-state index contributed by atoms with van der Waals surface area (Å²) in [5.41, 5.74) is 0.303. The first kappa shape index (κ1) is 17.5. The van der Waals surface area contributed by atoms with Crippen molar-refractivity contribution in [2.24, 2.45) is 0 Å². The molecule has 0 aliphatic rings. The minimum Gasteiger partial charge on any atom is -0.466 e. The number of amides is 1. The van der Waals surface area contributed by atoms with Gasteiger partial charge in [0.05, 0.1) is 23.6 Å². The van der Waals surface area contributed by atoms with Gasteiger partial charge < -0.3 is 10.1 Å². The number of hydrogen-bond donors (Lipinski definition) is 1. The van der Waals surface area contributed by atoms with Gasteiger partial charge in [-0.3, -0.25) is 24.4 Å². The predicted octanol–water partition coefficient (Wildman–Crippen LogP) is 1.55. The molecule has 0 saturated heterocycles. The van der Waals surface area contributed by atoms with Crippen LogP contribution in [0.25, 0.3) is 0 Å². The fraction of sp³-hybridized carbons (Fsp3) is 0.385. The third-order valence-electron chi connectivity index (χ3n) is 2.99. The molecule has 0 aromatic carbocycles. The van der Waals surface area contributed by atoms with Crippen molar-refractivity contribution in [1.82, 2.24) is 14.8 Å². The number of rotatable bonds is 7. The molecule has 0 bridgehead atoms. The zero-order valence-corrected chi connectivity index (χ0v) is 13.8. The lowest BCUT2D eigenvalue weighted by molar-refractivity contribution is -0.385. The van der Waals surface area contributed by atoms with Crippen molar-refractivity contribution in [3.05, 3.63) is 33.6 Å². The van der Waals surface area contributed by atoms with Gasteiger partial charge in [-0.2, -0.15) is 5.10 Å². The largest absolute Gasteiger partial charge is 0.466 e. The van der Waals surface area contributed by atoms with E-state index in [0.717, 1.165) is 6.20 Å². The molecule has 0 spiro atoms. The number of esters is 1. The van der Waals surface area contributed by atoms with Crippen molar-refractivity contribution in [2.75, 3.05) is 11.9 Å². The zero-order valence-electron chi connectivity index (χ0n) is 13.0. The maximum Gasteiger partial charge on any atom is 0.311 e. The normalized spacial score (nSPS) is 11.8. The lowest BCUT2D eigenvalue weighted by Gasteiger charge is -2.10. The first-order valence-corrected chi connectivity index (χ1v) is 7.88. The van der Waals surface area contributed by atoms with Crippen LogP contribution in [0.1, 0.15) is 25.6 Å². The Morgan fingerprint density at radius 2 is 2.29 bits per heavy atom. The molecule has 2 aromatic rings. The lowest BCUT2D eigenvalue weighted by Crippen LogP contribution is -2.24. The van der Waals surface area contributed by atoms with Crippen LogP contribution in [0.3, 0.4) is 0 Å². The molecular formula is C13H15N5O5S. The second kappa shape index (κ2) is 7.64. The molecule has 1 unspecified atom stereocenters. The second-order valence-corrected chi connectivity index (χ2v) is 5.58. The Morgan fingerprint density at radius 3 is 2.92 bits per heavy atom. The Labute approximate surface area is 140 Å².